The van der Waals surface area contributed by atoms with Crippen LogP contribution in [-0.2, 0) is 16.0 Å². The van der Waals surface area contributed by atoms with E-state index in [1.807, 2.05) is 24.3 Å². The van der Waals surface area contributed by atoms with Crippen LogP contribution in [0.2, 0.25) is 0 Å². The summed E-state index contributed by atoms with van der Waals surface area (Å²) in [6, 6.07) is 7.29. The highest BCUT2D eigenvalue weighted by atomic mass is 16.6. The number of hydrogen-bond donors (Lipinski definition) is 2. The van der Waals surface area contributed by atoms with Gasteiger partial charge in [-0.2, -0.15) is 0 Å². The quantitative estimate of drug-likeness (QED) is 0.864. The Morgan fingerprint density at radius 2 is 2.22 bits per heavy atom. The number of nitrogens with one attached hydrogen (secondary N) is 2. The van der Waals surface area contributed by atoms with E-state index >= 15 is 0 Å². The van der Waals surface area contributed by atoms with Crippen molar-refractivity contribution in [2.24, 2.45) is 0 Å². The van der Waals surface area contributed by atoms with Crippen LogP contribution >= 0.6 is 0 Å². The molecular weight excluding hydrogens is 298 g/mol. The van der Waals surface area contributed by atoms with Crippen molar-refractivity contribution in [1.82, 2.24) is 10.6 Å². The van der Waals surface area contributed by atoms with E-state index in [0.29, 0.717) is 26.2 Å². The molecule has 2 saturated heterocycles. The molecule has 1 aromatic rings. The minimum absolute atomic E-state index is 0.130. The molecule has 1 atom stereocenters. The van der Waals surface area contributed by atoms with Crippen molar-refractivity contribution < 1.29 is 19.1 Å². The van der Waals surface area contributed by atoms with Gasteiger partial charge in [-0.1, -0.05) is 12.1 Å². The number of anilines is 1. The summed E-state index contributed by atoms with van der Waals surface area (Å²) >= 11 is 0. The van der Waals surface area contributed by atoms with Gasteiger partial charge in [-0.25, -0.2) is 9.59 Å². The highest BCUT2D eigenvalue weighted by Gasteiger charge is 2.23. The van der Waals surface area contributed by atoms with Crippen molar-refractivity contribution in [3.8, 4) is 0 Å². The number of amides is 3. The Balaban J connectivity index is 1.47. The predicted octanol–water partition coefficient (Wildman–Crippen LogP) is 1.62. The first-order chi connectivity index (χ1) is 11.2. The maximum Gasteiger partial charge on any atom is 0.414 e. The van der Waals surface area contributed by atoms with E-state index in [1.54, 1.807) is 4.90 Å². The van der Waals surface area contributed by atoms with Crippen LogP contribution in [0.25, 0.3) is 0 Å². The number of carbonyl (C=O) groups excluding carboxylic acids is 2. The van der Waals surface area contributed by atoms with Crippen molar-refractivity contribution in [3.63, 3.8) is 0 Å². The summed E-state index contributed by atoms with van der Waals surface area (Å²) in [6.07, 6.45) is 1.85. The molecule has 0 aliphatic carbocycles. The number of nitrogens with zero attached hydrogens (tertiary/aromatic N) is 1. The first kappa shape index (κ1) is 15.6. The molecule has 0 spiro atoms. The fraction of sp³-hybridized carbons (Fsp3) is 0.500. The van der Waals surface area contributed by atoms with Crippen LogP contribution in [0.5, 0.6) is 0 Å². The average molecular weight is 319 g/mol. The van der Waals surface area contributed by atoms with E-state index in [4.69, 9.17) is 9.47 Å². The SMILES string of the molecule is O=C(NCc1cccc(N2CCOC2=O)c1)NC[C@@H]1CCCO1. The van der Waals surface area contributed by atoms with Crippen LogP contribution in [0, 0.1) is 0 Å². The molecule has 2 heterocycles. The summed E-state index contributed by atoms with van der Waals surface area (Å²) < 4.78 is 10.4. The smallest absolute Gasteiger partial charge is 0.414 e. The number of benzene rings is 1. The molecule has 0 aromatic heterocycles. The van der Waals surface area contributed by atoms with Crippen molar-refractivity contribution in [3.05, 3.63) is 29.8 Å². The van der Waals surface area contributed by atoms with Gasteiger partial charge in [-0.05, 0) is 30.5 Å². The molecule has 2 fully saturated rings. The van der Waals surface area contributed by atoms with Crippen LogP contribution in [0.4, 0.5) is 15.3 Å². The third-order valence-corrected chi connectivity index (χ3v) is 3.95. The number of carbonyl (C=O) groups is 2. The summed E-state index contributed by atoms with van der Waals surface area (Å²) in [5, 5.41) is 5.62. The fourth-order valence-corrected chi connectivity index (χ4v) is 2.72. The topological polar surface area (TPSA) is 79.9 Å². The standard InChI is InChI=1S/C16H21N3O4/c20-15(18-11-14-5-2-7-22-14)17-10-12-3-1-4-13(9-12)19-6-8-23-16(19)21/h1,3-4,9,14H,2,5-8,10-11H2,(H2,17,18,20)/t14-/m0/s1. The summed E-state index contributed by atoms with van der Waals surface area (Å²) in [5.74, 6) is 0. The highest BCUT2D eigenvalue weighted by Crippen LogP contribution is 2.19. The second kappa shape index (κ2) is 7.32. The first-order valence-electron chi connectivity index (χ1n) is 7.89. The molecule has 2 aliphatic heterocycles. The second-order valence-electron chi connectivity index (χ2n) is 5.63. The molecule has 3 rings (SSSR count). The Hall–Kier alpha value is -2.28. The Kier molecular flexibility index (Phi) is 4.97. The van der Waals surface area contributed by atoms with Gasteiger partial charge in [-0.3, -0.25) is 4.90 Å². The summed E-state index contributed by atoms with van der Waals surface area (Å²) in [6.45, 7) is 2.67. The lowest BCUT2D eigenvalue weighted by Gasteiger charge is -2.15. The van der Waals surface area contributed by atoms with Gasteiger partial charge in [0.15, 0.2) is 0 Å². The van der Waals surface area contributed by atoms with Gasteiger partial charge in [0.2, 0.25) is 0 Å². The molecule has 7 nitrogen and oxygen atoms in total. The second-order valence-corrected chi connectivity index (χ2v) is 5.63. The third-order valence-electron chi connectivity index (χ3n) is 3.95. The lowest BCUT2D eigenvalue weighted by Crippen LogP contribution is -2.39. The van der Waals surface area contributed by atoms with Crippen LogP contribution in [0.1, 0.15) is 18.4 Å². The van der Waals surface area contributed by atoms with Crippen LogP contribution in [-0.4, -0.2) is 44.5 Å². The van der Waals surface area contributed by atoms with Crippen molar-refractivity contribution in [1.29, 1.82) is 0 Å². The van der Waals surface area contributed by atoms with Gasteiger partial charge in [-0.15, -0.1) is 0 Å². The predicted molar refractivity (Wildman–Crippen MR) is 84.3 cm³/mol. The molecule has 1 aromatic carbocycles. The van der Waals surface area contributed by atoms with Gasteiger partial charge < -0.3 is 20.1 Å². The van der Waals surface area contributed by atoms with E-state index < -0.39 is 0 Å². The average Bonchev–Trinajstić information content (AvgIpc) is 3.22. The zero-order valence-corrected chi connectivity index (χ0v) is 12.9. The minimum Gasteiger partial charge on any atom is -0.447 e. The van der Waals surface area contributed by atoms with Gasteiger partial charge in [0, 0.05) is 25.4 Å². The maximum absolute atomic E-state index is 11.8. The molecule has 23 heavy (non-hydrogen) atoms. The lowest BCUT2D eigenvalue weighted by molar-refractivity contribution is 0.111. The van der Waals surface area contributed by atoms with E-state index in [1.165, 1.54) is 0 Å². The van der Waals surface area contributed by atoms with E-state index in [2.05, 4.69) is 10.6 Å². The molecule has 3 amide bonds. The molecule has 7 heteroatoms. The fourth-order valence-electron chi connectivity index (χ4n) is 2.72. The Morgan fingerprint density at radius 3 is 2.96 bits per heavy atom. The summed E-state index contributed by atoms with van der Waals surface area (Å²) in [7, 11) is 0. The monoisotopic (exact) mass is 319 g/mol. The first-order valence-corrected chi connectivity index (χ1v) is 7.89. The lowest BCUT2D eigenvalue weighted by atomic mass is 10.2. The van der Waals surface area contributed by atoms with Gasteiger partial charge in [0.05, 0.1) is 12.6 Å². The third kappa shape index (κ3) is 4.13. The van der Waals surface area contributed by atoms with Crippen molar-refractivity contribution >= 4 is 17.8 Å². The molecule has 2 aliphatic rings. The number of hydrogen-bond acceptors (Lipinski definition) is 4. The number of cyclic esters (lactones) is 1. The van der Waals surface area contributed by atoms with Crippen LogP contribution < -0.4 is 15.5 Å². The molecule has 0 radical (unpaired) electrons. The highest BCUT2D eigenvalue weighted by molar-refractivity contribution is 5.89. The number of rotatable bonds is 5. The van der Waals surface area contributed by atoms with Crippen LogP contribution in [0.15, 0.2) is 24.3 Å². The minimum atomic E-state index is -0.329. The molecule has 0 unspecified atom stereocenters. The normalized spacial score (nSPS) is 20.4. The van der Waals surface area contributed by atoms with E-state index in [0.717, 1.165) is 30.7 Å². The number of urea groups is 1. The maximum atomic E-state index is 11.8. The summed E-state index contributed by atoms with van der Waals surface area (Å²) in [4.78, 5) is 25.0. The Bertz CT molecular complexity index is 572. The van der Waals surface area contributed by atoms with Gasteiger partial charge >= 0.3 is 12.1 Å². The van der Waals surface area contributed by atoms with E-state index in [9.17, 15) is 9.59 Å². The van der Waals surface area contributed by atoms with Crippen LogP contribution in [0.3, 0.4) is 0 Å². The number of ether oxygens (including phenoxy) is 2. The van der Waals surface area contributed by atoms with Crippen molar-refractivity contribution in [2.75, 3.05) is 31.2 Å². The molecule has 0 saturated carbocycles. The van der Waals surface area contributed by atoms with Gasteiger partial charge in [0.25, 0.3) is 0 Å². The Morgan fingerprint density at radius 1 is 1.30 bits per heavy atom. The van der Waals surface area contributed by atoms with Crippen molar-refractivity contribution in [2.45, 2.75) is 25.5 Å². The summed E-state index contributed by atoms with van der Waals surface area (Å²) in [5.41, 5.74) is 1.71. The zero-order chi connectivity index (χ0) is 16.1. The van der Waals surface area contributed by atoms with E-state index in [-0.39, 0.29) is 18.2 Å². The molecule has 2 N–H and O–H groups in total. The molecular formula is C16H21N3O4. The molecule has 0 bridgehead atoms. The zero-order valence-electron chi connectivity index (χ0n) is 12.9. The Labute approximate surface area is 134 Å². The molecule has 124 valence electrons. The van der Waals surface area contributed by atoms with Gasteiger partial charge in [0.1, 0.15) is 6.61 Å². The largest absolute Gasteiger partial charge is 0.447 e.